The van der Waals surface area contributed by atoms with Gasteiger partial charge in [-0.3, -0.25) is 18.7 Å². The van der Waals surface area contributed by atoms with E-state index < -0.39 is 31.8 Å². The normalized spacial score (nSPS) is 14.6. The number of carboxylic acids is 1. The maximum atomic E-state index is 13.0. The zero-order chi connectivity index (χ0) is 19.6. The topological polar surface area (TPSA) is 89.9 Å². The molecule has 0 aliphatic rings. The molecule has 1 aromatic rings. The van der Waals surface area contributed by atoms with E-state index in [0.29, 0.717) is 6.42 Å². The van der Waals surface area contributed by atoms with Gasteiger partial charge in [-0.05, 0) is 24.8 Å². The van der Waals surface area contributed by atoms with Gasteiger partial charge in [-0.1, -0.05) is 51.1 Å². The number of carboxylic acid groups (broad SMARTS) is 1. The first-order chi connectivity index (χ1) is 12.3. The quantitative estimate of drug-likeness (QED) is 0.250. The van der Waals surface area contributed by atoms with E-state index in [4.69, 9.17) is 14.4 Å². The van der Waals surface area contributed by atoms with Gasteiger partial charge in [0.15, 0.2) is 0 Å². The Bertz CT molecular complexity index is 614. The molecule has 0 fully saturated rings. The van der Waals surface area contributed by atoms with Gasteiger partial charge in [0, 0.05) is 18.5 Å². The maximum absolute atomic E-state index is 13.0. The van der Waals surface area contributed by atoms with Gasteiger partial charge >= 0.3 is 11.9 Å². The van der Waals surface area contributed by atoms with Gasteiger partial charge in [-0.15, -0.1) is 0 Å². The van der Waals surface area contributed by atoms with Crippen LogP contribution in [0.3, 0.4) is 0 Å². The number of ether oxygens (including phenoxy) is 1. The van der Waals surface area contributed by atoms with Crippen molar-refractivity contribution in [1.82, 2.24) is 0 Å². The second-order valence-electron chi connectivity index (χ2n) is 6.59. The molecule has 0 amide bonds. The van der Waals surface area contributed by atoms with Crippen LogP contribution in [-0.4, -0.2) is 35.7 Å². The van der Waals surface area contributed by atoms with Gasteiger partial charge in [0.2, 0.25) is 13.7 Å². The van der Waals surface area contributed by atoms with Gasteiger partial charge < -0.3 is 9.84 Å². The molecule has 146 valence electrons. The summed E-state index contributed by atoms with van der Waals surface area (Å²) in [5.74, 6) is -1.87. The largest absolute Gasteiger partial charge is 0.481 e. The third kappa shape index (κ3) is 8.63. The number of esters is 1. The molecule has 26 heavy (non-hydrogen) atoms. The van der Waals surface area contributed by atoms with Gasteiger partial charge in [0.1, 0.15) is 6.16 Å². The first-order valence-corrected chi connectivity index (χ1v) is 11.0. The first kappa shape index (κ1) is 22.4. The van der Waals surface area contributed by atoms with Crippen molar-refractivity contribution in [1.29, 1.82) is 0 Å². The minimum Gasteiger partial charge on any atom is -0.481 e. The summed E-state index contributed by atoms with van der Waals surface area (Å²) in [6.07, 6.45) is 0.940. The number of rotatable bonds is 12. The minimum absolute atomic E-state index is 0.152. The lowest BCUT2D eigenvalue weighted by Gasteiger charge is -2.26. The maximum Gasteiger partial charge on any atom is 0.313 e. The number of carbonyl (C=O) groups excluding carboxylic acids is 1. The van der Waals surface area contributed by atoms with Crippen molar-refractivity contribution in [2.24, 2.45) is 5.92 Å². The lowest BCUT2D eigenvalue weighted by atomic mass is 10.1. The van der Waals surface area contributed by atoms with E-state index in [9.17, 15) is 14.2 Å². The predicted octanol–water partition coefficient (Wildman–Crippen LogP) is 4.32. The summed E-state index contributed by atoms with van der Waals surface area (Å²) in [7, 11) is -3.45. The van der Waals surface area contributed by atoms with Gasteiger partial charge in [-0.2, -0.15) is 0 Å². The van der Waals surface area contributed by atoms with Crippen LogP contribution in [0.5, 0.6) is 0 Å². The highest BCUT2D eigenvalue weighted by atomic mass is 31.2. The fraction of sp³-hybridized carbons (Fsp3) is 0.579. The minimum atomic E-state index is -3.45. The molecule has 0 saturated carbocycles. The Labute approximate surface area is 155 Å². The molecule has 6 nitrogen and oxygen atoms in total. The van der Waals surface area contributed by atoms with E-state index in [-0.39, 0.29) is 18.5 Å². The molecule has 1 N–H and O–H groups in total. The second kappa shape index (κ2) is 11.1. The van der Waals surface area contributed by atoms with E-state index in [1.54, 1.807) is 20.8 Å². The third-order valence-electron chi connectivity index (χ3n) is 3.81. The van der Waals surface area contributed by atoms with E-state index in [1.807, 2.05) is 30.3 Å². The summed E-state index contributed by atoms with van der Waals surface area (Å²) in [6, 6.07) is 9.91. The molecule has 0 spiro atoms. The van der Waals surface area contributed by atoms with Crippen molar-refractivity contribution < 1.29 is 28.5 Å². The molecule has 1 aromatic carbocycles. The van der Waals surface area contributed by atoms with Crippen molar-refractivity contribution in [3.63, 3.8) is 0 Å². The van der Waals surface area contributed by atoms with Crippen LogP contribution in [0.2, 0.25) is 0 Å². The molecule has 0 aliphatic heterocycles. The number of aryl methyl sites for hydroxylation is 1. The Morgan fingerprint density at radius 2 is 1.81 bits per heavy atom. The van der Waals surface area contributed by atoms with Crippen LogP contribution >= 0.6 is 7.37 Å². The van der Waals surface area contributed by atoms with Crippen molar-refractivity contribution in [3.8, 4) is 0 Å². The van der Waals surface area contributed by atoms with Crippen LogP contribution in [0.25, 0.3) is 0 Å². The van der Waals surface area contributed by atoms with Gasteiger partial charge in [0.05, 0.1) is 0 Å². The summed E-state index contributed by atoms with van der Waals surface area (Å²) < 4.78 is 23.8. The van der Waals surface area contributed by atoms with Crippen molar-refractivity contribution in [3.05, 3.63) is 35.9 Å². The molecule has 0 bridgehead atoms. The third-order valence-corrected chi connectivity index (χ3v) is 6.15. The average molecular weight is 384 g/mol. The second-order valence-corrected chi connectivity index (χ2v) is 9.20. The number of hydrogen-bond acceptors (Lipinski definition) is 5. The van der Waals surface area contributed by atoms with Crippen LogP contribution in [0.15, 0.2) is 30.3 Å². The number of unbranched alkanes of at least 4 members (excludes halogenated alkanes) is 1. The van der Waals surface area contributed by atoms with Crippen LogP contribution in [0.1, 0.15) is 45.6 Å². The Morgan fingerprint density at radius 1 is 1.15 bits per heavy atom. The SMILES string of the molecule is CCC(=O)O[C@H](O[P@@](=O)(CCCCc1ccccc1)CC(=O)O)C(C)C. The van der Waals surface area contributed by atoms with Crippen molar-refractivity contribution in [2.75, 3.05) is 12.3 Å². The molecule has 0 aliphatic carbocycles. The van der Waals surface area contributed by atoms with Gasteiger partial charge in [-0.25, -0.2) is 0 Å². The molecule has 1 rings (SSSR count). The van der Waals surface area contributed by atoms with Crippen LogP contribution in [-0.2, 0) is 29.8 Å². The monoisotopic (exact) mass is 384 g/mol. The summed E-state index contributed by atoms with van der Waals surface area (Å²) in [5, 5.41) is 9.10. The Morgan fingerprint density at radius 3 is 2.35 bits per heavy atom. The number of benzene rings is 1. The molecule has 7 heteroatoms. The predicted molar refractivity (Wildman–Crippen MR) is 100 cm³/mol. The summed E-state index contributed by atoms with van der Waals surface area (Å²) in [5.41, 5.74) is 1.18. The van der Waals surface area contributed by atoms with Crippen molar-refractivity contribution in [2.45, 2.75) is 52.7 Å². The summed E-state index contributed by atoms with van der Waals surface area (Å²) >= 11 is 0. The summed E-state index contributed by atoms with van der Waals surface area (Å²) in [6.45, 7) is 5.20. The number of aliphatic carboxylic acids is 1. The standard InChI is InChI=1S/C19H29O6P/c1-4-18(22)24-19(15(2)3)25-26(23,14-17(20)21)13-9-8-12-16-10-6-5-7-11-16/h5-7,10-11,15,19H,4,8-9,12-14H2,1-3H3,(H,20,21)/t19-,26+/m1/s1. The van der Waals surface area contributed by atoms with E-state index >= 15 is 0 Å². The van der Waals surface area contributed by atoms with Crippen LogP contribution in [0, 0.1) is 5.92 Å². The molecular formula is C19H29O6P. The lowest BCUT2D eigenvalue weighted by molar-refractivity contribution is -0.169. The summed E-state index contributed by atoms with van der Waals surface area (Å²) in [4.78, 5) is 22.7. The lowest BCUT2D eigenvalue weighted by Crippen LogP contribution is -2.27. The fourth-order valence-corrected chi connectivity index (χ4v) is 4.50. The number of hydrogen-bond donors (Lipinski definition) is 1. The van der Waals surface area contributed by atoms with Gasteiger partial charge in [0.25, 0.3) is 0 Å². The highest BCUT2D eigenvalue weighted by Gasteiger charge is 2.33. The zero-order valence-corrected chi connectivity index (χ0v) is 16.6. The van der Waals surface area contributed by atoms with Crippen LogP contribution < -0.4 is 0 Å². The smallest absolute Gasteiger partial charge is 0.313 e. The molecule has 0 heterocycles. The first-order valence-electron chi connectivity index (χ1n) is 8.97. The zero-order valence-electron chi connectivity index (χ0n) is 15.7. The van der Waals surface area contributed by atoms with E-state index in [0.717, 1.165) is 12.8 Å². The average Bonchev–Trinajstić information content (AvgIpc) is 2.58. The van der Waals surface area contributed by atoms with Crippen LogP contribution in [0.4, 0.5) is 0 Å². The van der Waals surface area contributed by atoms with E-state index in [1.165, 1.54) is 5.56 Å². The molecule has 0 radical (unpaired) electrons. The van der Waals surface area contributed by atoms with E-state index in [2.05, 4.69) is 0 Å². The Hall–Kier alpha value is -1.65. The van der Waals surface area contributed by atoms with Crippen molar-refractivity contribution >= 4 is 19.3 Å². The molecule has 0 aromatic heterocycles. The Balaban J connectivity index is 2.67. The highest BCUT2D eigenvalue weighted by Crippen LogP contribution is 2.49. The fourth-order valence-electron chi connectivity index (χ4n) is 2.38. The number of carbonyl (C=O) groups is 2. The molecule has 0 saturated heterocycles. The Kier molecular flexibility index (Phi) is 9.60. The molecule has 0 unspecified atom stereocenters. The highest BCUT2D eigenvalue weighted by molar-refractivity contribution is 7.59. The molecule has 2 atom stereocenters. The molecular weight excluding hydrogens is 355 g/mol.